The molecule has 118 valence electrons. The van der Waals surface area contributed by atoms with Crippen molar-refractivity contribution >= 4 is 23.7 Å². The maximum absolute atomic E-state index is 11.8. The first-order chi connectivity index (χ1) is 11.0. The van der Waals surface area contributed by atoms with Crippen LogP contribution in [-0.4, -0.2) is 23.1 Å². The Morgan fingerprint density at radius 3 is 2.61 bits per heavy atom. The molecule has 3 N–H and O–H groups in total. The molecule has 0 radical (unpaired) electrons. The number of aryl methyl sites for hydroxylation is 2. The quantitative estimate of drug-likeness (QED) is 0.460. The minimum atomic E-state index is -0.873. The van der Waals surface area contributed by atoms with Crippen molar-refractivity contribution in [3.63, 3.8) is 0 Å². The Hall–Kier alpha value is -3.15. The second kappa shape index (κ2) is 7.22. The van der Waals surface area contributed by atoms with Gasteiger partial charge in [0.25, 0.3) is 0 Å². The molecule has 0 atom stereocenters. The Labute approximate surface area is 133 Å². The standard InChI is InChI=1S/C17H17N3O3/c1-11-6-7-12(2)15(8-11)19-16(22)17(23)20-18-10-13-4-3-5-14(21)9-13/h3-10,21H,1-2H3,(H,19,22)(H,20,23)/b18-10-. The zero-order valence-corrected chi connectivity index (χ0v) is 12.8. The Balaban J connectivity index is 1.95. The molecule has 6 nitrogen and oxygen atoms in total. The fourth-order valence-corrected chi connectivity index (χ4v) is 1.87. The van der Waals surface area contributed by atoms with Gasteiger partial charge < -0.3 is 10.4 Å². The van der Waals surface area contributed by atoms with Crippen LogP contribution in [-0.2, 0) is 9.59 Å². The summed E-state index contributed by atoms with van der Waals surface area (Å²) in [5.74, 6) is -1.58. The van der Waals surface area contributed by atoms with E-state index in [9.17, 15) is 14.7 Å². The third-order valence-corrected chi connectivity index (χ3v) is 3.10. The number of amides is 2. The predicted molar refractivity (Wildman–Crippen MR) is 88.4 cm³/mol. The molecule has 0 aliphatic rings. The zero-order chi connectivity index (χ0) is 16.8. The number of anilines is 1. The number of nitrogens with zero attached hydrogens (tertiary/aromatic N) is 1. The molecule has 0 aliphatic carbocycles. The van der Waals surface area contributed by atoms with Crippen molar-refractivity contribution in [1.29, 1.82) is 0 Å². The van der Waals surface area contributed by atoms with Gasteiger partial charge in [-0.15, -0.1) is 0 Å². The molecular formula is C17H17N3O3. The molecule has 2 amide bonds. The van der Waals surface area contributed by atoms with Crippen molar-refractivity contribution < 1.29 is 14.7 Å². The van der Waals surface area contributed by atoms with Crippen molar-refractivity contribution in [3.8, 4) is 5.75 Å². The van der Waals surface area contributed by atoms with Gasteiger partial charge in [-0.2, -0.15) is 5.10 Å². The average Bonchev–Trinajstić information content (AvgIpc) is 2.51. The van der Waals surface area contributed by atoms with Crippen LogP contribution in [0, 0.1) is 13.8 Å². The van der Waals surface area contributed by atoms with Crippen LogP contribution in [0.15, 0.2) is 47.6 Å². The van der Waals surface area contributed by atoms with Crippen LogP contribution in [0.25, 0.3) is 0 Å². The van der Waals surface area contributed by atoms with Crippen LogP contribution in [0.5, 0.6) is 5.75 Å². The van der Waals surface area contributed by atoms with Crippen molar-refractivity contribution in [2.75, 3.05) is 5.32 Å². The molecule has 0 aromatic heterocycles. The minimum absolute atomic E-state index is 0.0907. The van der Waals surface area contributed by atoms with Gasteiger partial charge in [0.15, 0.2) is 0 Å². The van der Waals surface area contributed by atoms with Gasteiger partial charge in [-0.05, 0) is 48.7 Å². The third kappa shape index (κ3) is 4.67. The fourth-order valence-electron chi connectivity index (χ4n) is 1.87. The molecule has 0 saturated carbocycles. The third-order valence-electron chi connectivity index (χ3n) is 3.10. The highest BCUT2D eigenvalue weighted by Crippen LogP contribution is 2.16. The molecule has 0 aliphatic heterocycles. The molecular weight excluding hydrogens is 294 g/mol. The molecule has 0 spiro atoms. The molecule has 6 heteroatoms. The molecule has 0 bridgehead atoms. The number of rotatable bonds is 3. The van der Waals surface area contributed by atoms with Gasteiger partial charge in [-0.1, -0.05) is 24.3 Å². The minimum Gasteiger partial charge on any atom is -0.508 e. The van der Waals surface area contributed by atoms with Crippen LogP contribution in [0.4, 0.5) is 5.69 Å². The predicted octanol–water partition coefficient (Wildman–Crippen LogP) is 2.10. The topological polar surface area (TPSA) is 90.8 Å². The summed E-state index contributed by atoms with van der Waals surface area (Å²) in [6, 6.07) is 11.9. The fraction of sp³-hybridized carbons (Fsp3) is 0.118. The lowest BCUT2D eigenvalue weighted by atomic mass is 10.1. The number of hydrogen-bond donors (Lipinski definition) is 3. The summed E-state index contributed by atoms with van der Waals surface area (Å²) in [5.41, 5.74) is 5.17. The van der Waals surface area contributed by atoms with Crippen molar-refractivity contribution in [2.45, 2.75) is 13.8 Å². The summed E-state index contributed by atoms with van der Waals surface area (Å²) < 4.78 is 0. The second-order valence-corrected chi connectivity index (χ2v) is 5.07. The Bertz CT molecular complexity index is 769. The second-order valence-electron chi connectivity index (χ2n) is 5.07. The summed E-state index contributed by atoms with van der Waals surface area (Å²) >= 11 is 0. The number of aromatic hydroxyl groups is 1. The number of hydrazone groups is 1. The normalized spacial score (nSPS) is 10.5. The van der Waals surface area contributed by atoms with Crippen molar-refractivity contribution in [1.82, 2.24) is 5.43 Å². The number of phenolic OH excluding ortho intramolecular Hbond substituents is 1. The Kier molecular flexibility index (Phi) is 5.09. The highest BCUT2D eigenvalue weighted by molar-refractivity contribution is 6.39. The average molecular weight is 311 g/mol. The number of phenols is 1. The van der Waals surface area contributed by atoms with Crippen LogP contribution in [0.1, 0.15) is 16.7 Å². The van der Waals surface area contributed by atoms with E-state index < -0.39 is 11.8 Å². The number of benzene rings is 2. The largest absolute Gasteiger partial charge is 0.508 e. The Morgan fingerprint density at radius 1 is 1.09 bits per heavy atom. The van der Waals surface area contributed by atoms with E-state index in [1.165, 1.54) is 18.3 Å². The number of carbonyl (C=O) groups is 2. The van der Waals surface area contributed by atoms with Crippen molar-refractivity contribution in [2.24, 2.45) is 5.10 Å². The van der Waals surface area contributed by atoms with Gasteiger partial charge in [0.05, 0.1) is 6.21 Å². The number of carbonyl (C=O) groups excluding carboxylic acids is 2. The number of nitrogens with one attached hydrogen (secondary N) is 2. The van der Waals surface area contributed by atoms with Crippen LogP contribution < -0.4 is 10.7 Å². The lowest BCUT2D eigenvalue weighted by Crippen LogP contribution is -2.32. The van der Waals surface area contributed by atoms with E-state index >= 15 is 0 Å². The van der Waals surface area contributed by atoms with Gasteiger partial charge in [0.2, 0.25) is 0 Å². The molecule has 23 heavy (non-hydrogen) atoms. The summed E-state index contributed by atoms with van der Waals surface area (Å²) in [6.45, 7) is 3.74. The maximum atomic E-state index is 11.8. The first-order valence-corrected chi connectivity index (χ1v) is 6.96. The zero-order valence-electron chi connectivity index (χ0n) is 12.8. The summed E-state index contributed by atoms with van der Waals surface area (Å²) in [6.07, 6.45) is 1.34. The molecule has 0 heterocycles. The van der Waals surface area contributed by atoms with Crippen LogP contribution >= 0.6 is 0 Å². The van der Waals surface area contributed by atoms with E-state index in [1.807, 2.05) is 26.0 Å². The van der Waals surface area contributed by atoms with E-state index in [2.05, 4.69) is 15.8 Å². The van der Waals surface area contributed by atoms with Crippen molar-refractivity contribution in [3.05, 3.63) is 59.2 Å². The lowest BCUT2D eigenvalue weighted by Gasteiger charge is -2.08. The molecule has 2 aromatic carbocycles. The summed E-state index contributed by atoms with van der Waals surface area (Å²) in [5, 5.41) is 15.5. The smallest absolute Gasteiger partial charge is 0.329 e. The van der Waals surface area contributed by atoms with E-state index in [0.717, 1.165) is 11.1 Å². The van der Waals surface area contributed by atoms with Crippen LogP contribution in [0.2, 0.25) is 0 Å². The van der Waals surface area contributed by atoms with Gasteiger partial charge in [0, 0.05) is 5.69 Å². The van der Waals surface area contributed by atoms with Gasteiger partial charge in [0.1, 0.15) is 5.75 Å². The maximum Gasteiger partial charge on any atom is 0.329 e. The van der Waals surface area contributed by atoms with E-state index in [-0.39, 0.29) is 5.75 Å². The van der Waals surface area contributed by atoms with Gasteiger partial charge in [-0.3, -0.25) is 9.59 Å². The lowest BCUT2D eigenvalue weighted by molar-refractivity contribution is -0.136. The van der Waals surface area contributed by atoms with E-state index in [4.69, 9.17) is 0 Å². The summed E-state index contributed by atoms with van der Waals surface area (Å²) in [4.78, 5) is 23.5. The molecule has 2 aromatic rings. The SMILES string of the molecule is Cc1ccc(C)c(NC(=O)C(=O)N/N=C\c2cccc(O)c2)c1. The van der Waals surface area contributed by atoms with E-state index in [1.54, 1.807) is 18.2 Å². The molecule has 2 rings (SSSR count). The molecule has 0 fully saturated rings. The van der Waals surface area contributed by atoms with E-state index in [0.29, 0.717) is 11.3 Å². The first-order valence-electron chi connectivity index (χ1n) is 6.96. The Morgan fingerprint density at radius 2 is 1.87 bits per heavy atom. The number of hydrogen-bond acceptors (Lipinski definition) is 4. The highest BCUT2D eigenvalue weighted by Gasteiger charge is 2.13. The molecule has 0 saturated heterocycles. The van der Waals surface area contributed by atoms with Crippen LogP contribution in [0.3, 0.4) is 0 Å². The highest BCUT2D eigenvalue weighted by atomic mass is 16.3. The monoisotopic (exact) mass is 311 g/mol. The van der Waals surface area contributed by atoms with Gasteiger partial charge >= 0.3 is 11.8 Å². The first kappa shape index (κ1) is 16.2. The van der Waals surface area contributed by atoms with Gasteiger partial charge in [-0.25, -0.2) is 5.43 Å². The molecule has 0 unspecified atom stereocenters. The summed E-state index contributed by atoms with van der Waals surface area (Å²) in [7, 11) is 0.